The van der Waals surface area contributed by atoms with Crippen LogP contribution < -0.4 is 15.5 Å². The van der Waals surface area contributed by atoms with Crippen molar-refractivity contribution in [1.29, 1.82) is 0 Å². The van der Waals surface area contributed by atoms with Crippen LogP contribution in [0.5, 0.6) is 0 Å². The van der Waals surface area contributed by atoms with Gasteiger partial charge in [0.05, 0.1) is 6.20 Å². The molecule has 24 heavy (non-hydrogen) atoms. The number of nitrogens with one attached hydrogen (secondary N) is 2. The number of nitrogens with zero attached hydrogens (tertiary/aromatic N) is 4. The zero-order valence-corrected chi connectivity index (χ0v) is 15.1. The Morgan fingerprint density at radius 1 is 1.33 bits per heavy atom. The van der Waals surface area contributed by atoms with Crippen LogP contribution in [0.3, 0.4) is 0 Å². The first kappa shape index (κ1) is 17.8. The highest BCUT2D eigenvalue weighted by atomic mass is 15.2. The van der Waals surface area contributed by atoms with E-state index < -0.39 is 0 Å². The molecule has 0 aliphatic carbocycles. The fourth-order valence-electron chi connectivity index (χ4n) is 2.57. The van der Waals surface area contributed by atoms with Gasteiger partial charge in [-0.1, -0.05) is 12.1 Å². The fourth-order valence-corrected chi connectivity index (χ4v) is 2.57. The quantitative estimate of drug-likeness (QED) is 0.602. The van der Waals surface area contributed by atoms with Crippen molar-refractivity contribution in [3.63, 3.8) is 0 Å². The highest BCUT2D eigenvalue weighted by Gasteiger charge is 2.05. The van der Waals surface area contributed by atoms with Gasteiger partial charge < -0.3 is 15.5 Å². The molecule has 6 nitrogen and oxygen atoms in total. The summed E-state index contributed by atoms with van der Waals surface area (Å²) in [5.41, 5.74) is 3.68. The minimum atomic E-state index is 0.711. The molecule has 0 spiro atoms. The number of aliphatic imine (C=N–C) groups is 1. The Hall–Kier alpha value is -2.50. The van der Waals surface area contributed by atoms with Gasteiger partial charge >= 0.3 is 0 Å². The number of hydrogen-bond acceptors (Lipinski definition) is 3. The van der Waals surface area contributed by atoms with E-state index in [2.05, 4.69) is 63.7 Å². The SMILES string of the molecule is CCN(CCNC(=NC)NCc1cnn(C)c1)c1cccc(C)c1. The van der Waals surface area contributed by atoms with E-state index in [0.29, 0.717) is 6.54 Å². The third kappa shape index (κ3) is 5.30. The molecule has 0 unspecified atom stereocenters. The predicted octanol–water partition coefficient (Wildman–Crippen LogP) is 1.92. The fraction of sp³-hybridized carbons (Fsp3) is 0.444. The minimum absolute atomic E-state index is 0.711. The van der Waals surface area contributed by atoms with Crippen molar-refractivity contribution in [1.82, 2.24) is 20.4 Å². The average Bonchev–Trinajstić information content (AvgIpc) is 3.00. The summed E-state index contributed by atoms with van der Waals surface area (Å²) < 4.78 is 1.80. The van der Waals surface area contributed by atoms with E-state index in [-0.39, 0.29) is 0 Å². The number of rotatable bonds is 7. The highest BCUT2D eigenvalue weighted by molar-refractivity contribution is 5.79. The van der Waals surface area contributed by atoms with E-state index in [1.807, 2.05) is 19.4 Å². The average molecular weight is 328 g/mol. The predicted molar refractivity (Wildman–Crippen MR) is 100 cm³/mol. The molecular formula is C18H28N6. The second-order valence-electron chi connectivity index (χ2n) is 5.79. The molecule has 0 bridgehead atoms. The Balaban J connectivity index is 1.80. The van der Waals surface area contributed by atoms with Gasteiger partial charge in [-0.25, -0.2) is 0 Å². The summed E-state index contributed by atoms with van der Waals surface area (Å²) in [5, 5.41) is 10.8. The molecule has 0 radical (unpaired) electrons. The molecule has 6 heteroatoms. The van der Waals surface area contributed by atoms with Crippen LogP contribution >= 0.6 is 0 Å². The van der Waals surface area contributed by atoms with Crippen LogP contribution in [0.25, 0.3) is 0 Å². The lowest BCUT2D eigenvalue weighted by atomic mass is 10.2. The molecule has 0 atom stereocenters. The number of guanidine groups is 1. The number of aryl methyl sites for hydroxylation is 2. The number of anilines is 1. The lowest BCUT2D eigenvalue weighted by Gasteiger charge is -2.24. The van der Waals surface area contributed by atoms with Gasteiger partial charge in [-0.05, 0) is 31.5 Å². The largest absolute Gasteiger partial charge is 0.370 e. The number of aromatic nitrogens is 2. The van der Waals surface area contributed by atoms with E-state index in [9.17, 15) is 0 Å². The summed E-state index contributed by atoms with van der Waals surface area (Å²) >= 11 is 0. The molecule has 0 aliphatic heterocycles. The summed E-state index contributed by atoms with van der Waals surface area (Å²) in [6.07, 6.45) is 3.85. The Bertz CT molecular complexity index is 661. The van der Waals surface area contributed by atoms with Crippen LogP contribution in [0.4, 0.5) is 5.69 Å². The maximum atomic E-state index is 4.27. The molecule has 1 aromatic heterocycles. The third-order valence-corrected chi connectivity index (χ3v) is 3.86. The van der Waals surface area contributed by atoms with Crippen LogP contribution in [0, 0.1) is 6.92 Å². The van der Waals surface area contributed by atoms with Crippen LogP contribution in [-0.2, 0) is 13.6 Å². The standard InChI is InChI=1S/C18H28N6/c1-5-24(17-8-6-7-15(2)11-17)10-9-20-18(19-3)21-12-16-13-22-23(4)14-16/h6-8,11,13-14H,5,9-10,12H2,1-4H3,(H2,19,20,21). The molecule has 2 N–H and O–H groups in total. The summed E-state index contributed by atoms with van der Waals surface area (Å²) in [6.45, 7) is 7.75. The highest BCUT2D eigenvalue weighted by Crippen LogP contribution is 2.14. The van der Waals surface area contributed by atoms with Gasteiger partial charge in [-0.15, -0.1) is 0 Å². The van der Waals surface area contributed by atoms with Gasteiger partial charge in [0.1, 0.15) is 0 Å². The van der Waals surface area contributed by atoms with E-state index in [4.69, 9.17) is 0 Å². The van der Waals surface area contributed by atoms with Crippen molar-refractivity contribution in [2.45, 2.75) is 20.4 Å². The van der Waals surface area contributed by atoms with Crippen LogP contribution in [-0.4, -0.2) is 42.4 Å². The zero-order chi connectivity index (χ0) is 17.4. The van der Waals surface area contributed by atoms with Gasteiger partial charge in [0.2, 0.25) is 0 Å². The molecule has 2 rings (SSSR count). The second kappa shape index (κ2) is 8.96. The van der Waals surface area contributed by atoms with Crippen molar-refractivity contribution < 1.29 is 0 Å². The smallest absolute Gasteiger partial charge is 0.191 e. The molecule has 0 fully saturated rings. The van der Waals surface area contributed by atoms with Crippen molar-refractivity contribution in [2.24, 2.45) is 12.0 Å². The lowest BCUT2D eigenvalue weighted by Crippen LogP contribution is -2.41. The monoisotopic (exact) mass is 328 g/mol. The minimum Gasteiger partial charge on any atom is -0.370 e. The van der Waals surface area contributed by atoms with Crippen LogP contribution in [0.1, 0.15) is 18.1 Å². The Morgan fingerprint density at radius 3 is 2.79 bits per heavy atom. The zero-order valence-electron chi connectivity index (χ0n) is 15.1. The van der Waals surface area contributed by atoms with E-state index in [1.54, 1.807) is 11.7 Å². The molecular weight excluding hydrogens is 300 g/mol. The van der Waals surface area contributed by atoms with Gasteiger partial charge in [-0.2, -0.15) is 5.10 Å². The Labute approximate surface area is 144 Å². The maximum Gasteiger partial charge on any atom is 0.191 e. The molecule has 0 saturated heterocycles. The molecule has 0 aliphatic rings. The number of hydrogen-bond donors (Lipinski definition) is 2. The van der Waals surface area contributed by atoms with Crippen molar-refractivity contribution in [3.05, 3.63) is 47.8 Å². The molecule has 1 heterocycles. The third-order valence-electron chi connectivity index (χ3n) is 3.86. The summed E-state index contributed by atoms with van der Waals surface area (Å²) in [6, 6.07) is 8.61. The summed E-state index contributed by atoms with van der Waals surface area (Å²) in [5.74, 6) is 0.805. The number of likely N-dealkylation sites (N-methyl/N-ethyl adjacent to an activating group) is 1. The van der Waals surface area contributed by atoms with E-state index in [1.165, 1.54) is 11.3 Å². The second-order valence-corrected chi connectivity index (χ2v) is 5.79. The molecule has 1 aromatic carbocycles. The van der Waals surface area contributed by atoms with Crippen molar-refractivity contribution in [2.75, 3.05) is 31.6 Å². The molecule has 2 aromatic rings. The van der Waals surface area contributed by atoms with Crippen molar-refractivity contribution in [3.8, 4) is 0 Å². The maximum absolute atomic E-state index is 4.27. The normalized spacial score (nSPS) is 11.4. The Kier molecular flexibility index (Phi) is 6.66. The van der Waals surface area contributed by atoms with Gasteiger partial charge in [0.25, 0.3) is 0 Å². The first-order valence-electron chi connectivity index (χ1n) is 8.36. The van der Waals surface area contributed by atoms with Crippen LogP contribution in [0.15, 0.2) is 41.7 Å². The first-order chi connectivity index (χ1) is 11.6. The molecule has 0 amide bonds. The molecule has 0 saturated carbocycles. The van der Waals surface area contributed by atoms with Crippen molar-refractivity contribution >= 4 is 11.6 Å². The van der Waals surface area contributed by atoms with Gasteiger partial charge in [0.15, 0.2) is 5.96 Å². The number of benzene rings is 1. The van der Waals surface area contributed by atoms with Crippen LogP contribution in [0.2, 0.25) is 0 Å². The van der Waals surface area contributed by atoms with E-state index in [0.717, 1.165) is 31.2 Å². The summed E-state index contributed by atoms with van der Waals surface area (Å²) in [7, 11) is 3.71. The van der Waals surface area contributed by atoms with E-state index >= 15 is 0 Å². The Morgan fingerprint density at radius 2 is 2.17 bits per heavy atom. The molecule has 130 valence electrons. The first-order valence-corrected chi connectivity index (χ1v) is 8.36. The summed E-state index contributed by atoms with van der Waals surface area (Å²) in [4.78, 5) is 6.62. The van der Waals surface area contributed by atoms with Gasteiger partial charge in [-0.3, -0.25) is 9.67 Å². The topological polar surface area (TPSA) is 57.5 Å². The lowest BCUT2D eigenvalue weighted by molar-refractivity contribution is 0.748. The van der Waals surface area contributed by atoms with Gasteiger partial charge in [0, 0.05) is 57.7 Å².